The highest BCUT2D eigenvalue weighted by molar-refractivity contribution is 5.78. The van der Waals surface area contributed by atoms with Crippen LogP contribution in [0.2, 0.25) is 0 Å². The summed E-state index contributed by atoms with van der Waals surface area (Å²) in [7, 11) is 0. The second-order valence-electron chi connectivity index (χ2n) is 5.36. The Morgan fingerprint density at radius 2 is 1.95 bits per heavy atom. The van der Waals surface area contributed by atoms with Crippen LogP contribution >= 0.6 is 0 Å². The van der Waals surface area contributed by atoms with Gasteiger partial charge in [0.15, 0.2) is 0 Å². The summed E-state index contributed by atoms with van der Waals surface area (Å²) >= 11 is 0. The van der Waals surface area contributed by atoms with Crippen molar-refractivity contribution in [2.45, 2.75) is 19.4 Å². The summed E-state index contributed by atoms with van der Waals surface area (Å²) < 4.78 is 12.8. The van der Waals surface area contributed by atoms with Gasteiger partial charge < -0.3 is 11.1 Å². The van der Waals surface area contributed by atoms with E-state index in [1.807, 2.05) is 0 Å². The van der Waals surface area contributed by atoms with Gasteiger partial charge in [0, 0.05) is 6.54 Å². The molecule has 5 heteroatoms. The van der Waals surface area contributed by atoms with Crippen LogP contribution in [0.1, 0.15) is 18.4 Å². The predicted molar refractivity (Wildman–Crippen MR) is 76.5 cm³/mol. The average molecular weight is 279 g/mol. The van der Waals surface area contributed by atoms with E-state index in [1.165, 1.54) is 12.1 Å². The predicted octanol–water partition coefficient (Wildman–Crippen LogP) is 1.11. The van der Waals surface area contributed by atoms with Gasteiger partial charge in [-0.05, 0) is 56.1 Å². The summed E-state index contributed by atoms with van der Waals surface area (Å²) in [6.07, 6.45) is 2.14. The summed E-state index contributed by atoms with van der Waals surface area (Å²) in [6, 6.07) is 6.17. The van der Waals surface area contributed by atoms with Gasteiger partial charge in [-0.15, -0.1) is 0 Å². The Hall–Kier alpha value is -1.46. The summed E-state index contributed by atoms with van der Waals surface area (Å²) in [5.74, 6) is 0.358. The molecule has 1 aromatic rings. The van der Waals surface area contributed by atoms with Crippen molar-refractivity contribution in [1.29, 1.82) is 0 Å². The van der Waals surface area contributed by atoms with Crippen LogP contribution in [0.3, 0.4) is 0 Å². The second-order valence-corrected chi connectivity index (χ2v) is 5.36. The Morgan fingerprint density at radius 3 is 2.55 bits per heavy atom. The number of piperidine rings is 1. The zero-order chi connectivity index (χ0) is 14.4. The third kappa shape index (κ3) is 4.58. The maximum atomic E-state index is 12.8. The molecule has 0 atom stereocenters. The molecule has 0 saturated carbocycles. The monoisotopic (exact) mass is 279 g/mol. The number of carbonyl (C=O) groups excluding carboxylic acids is 1. The molecule has 0 aliphatic carbocycles. The summed E-state index contributed by atoms with van der Waals surface area (Å²) in [6.45, 7) is 3.49. The highest BCUT2D eigenvalue weighted by Crippen LogP contribution is 2.15. The highest BCUT2D eigenvalue weighted by Gasteiger charge is 2.19. The molecule has 0 spiro atoms. The molecule has 20 heavy (non-hydrogen) atoms. The van der Waals surface area contributed by atoms with Gasteiger partial charge >= 0.3 is 0 Å². The van der Waals surface area contributed by atoms with Crippen molar-refractivity contribution < 1.29 is 9.18 Å². The molecule has 1 saturated heterocycles. The number of nitrogens with zero attached hydrogens (tertiary/aromatic N) is 1. The Kier molecular flexibility index (Phi) is 5.49. The van der Waals surface area contributed by atoms with Gasteiger partial charge in [0.1, 0.15) is 5.82 Å². The minimum absolute atomic E-state index is 0.0144. The number of amides is 1. The van der Waals surface area contributed by atoms with Gasteiger partial charge in [-0.3, -0.25) is 9.69 Å². The summed E-state index contributed by atoms with van der Waals surface area (Å²) in [5, 5.41) is 2.86. The van der Waals surface area contributed by atoms with Crippen molar-refractivity contribution in [3.05, 3.63) is 35.6 Å². The van der Waals surface area contributed by atoms with Crippen molar-refractivity contribution >= 4 is 5.91 Å². The largest absolute Gasteiger partial charge is 0.351 e. The zero-order valence-corrected chi connectivity index (χ0v) is 11.6. The van der Waals surface area contributed by atoms with Crippen LogP contribution < -0.4 is 11.1 Å². The van der Waals surface area contributed by atoms with Gasteiger partial charge in [-0.25, -0.2) is 4.39 Å². The van der Waals surface area contributed by atoms with E-state index in [0.717, 1.165) is 38.0 Å². The van der Waals surface area contributed by atoms with E-state index < -0.39 is 0 Å². The molecule has 4 nitrogen and oxygen atoms in total. The van der Waals surface area contributed by atoms with Gasteiger partial charge in [0.25, 0.3) is 0 Å². The SMILES string of the molecule is NCC1CCN(CC(=O)NCc2ccc(F)cc2)CC1. The standard InChI is InChI=1S/C15H22FN3O/c16-14-3-1-13(2-4-14)10-18-15(20)11-19-7-5-12(9-17)6-8-19/h1-4,12H,5-11,17H2,(H,18,20). The number of carbonyl (C=O) groups is 1. The Bertz CT molecular complexity index is 427. The maximum Gasteiger partial charge on any atom is 0.234 e. The Morgan fingerprint density at radius 1 is 1.30 bits per heavy atom. The van der Waals surface area contributed by atoms with Gasteiger partial charge in [-0.2, -0.15) is 0 Å². The molecule has 110 valence electrons. The topological polar surface area (TPSA) is 58.4 Å². The number of halogens is 1. The number of nitrogens with one attached hydrogen (secondary N) is 1. The fourth-order valence-corrected chi connectivity index (χ4v) is 2.44. The molecule has 0 radical (unpaired) electrons. The molecule has 1 aliphatic heterocycles. The first-order chi connectivity index (χ1) is 9.67. The molecule has 1 amide bonds. The number of hydrogen-bond acceptors (Lipinski definition) is 3. The molecule has 0 aromatic heterocycles. The van der Waals surface area contributed by atoms with E-state index >= 15 is 0 Å². The summed E-state index contributed by atoms with van der Waals surface area (Å²) in [4.78, 5) is 14.0. The molecule has 1 heterocycles. The maximum absolute atomic E-state index is 12.8. The lowest BCUT2D eigenvalue weighted by atomic mass is 9.97. The number of benzene rings is 1. The smallest absolute Gasteiger partial charge is 0.234 e. The first-order valence-electron chi connectivity index (χ1n) is 7.11. The van der Waals surface area contributed by atoms with Gasteiger partial charge in [0.2, 0.25) is 5.91 Å². The Labute approximate surface area is 119 Å². The van der Waals surface area contributed by atoms with Gasteiger partial charge in [0.05, 0.1) is 6.54 Å². The van der Waals surface area contributed by atoms with Crippen molar-refractivity contribution in [3.63, 3.8) is 0 Å². The van der Waals surface area contributed by atoms with Crippen molar-refractivity contribution in [2.75, 3.05) is 26.2 Å². The minimum Gasteiger partial charge on any atom is -0.351 e. The number of hydrogen-bond donors (Lipinski definition) is 2. The van der Waals surface area contributed by atoms with Crippen molar-refractivity contribution in [2.24, 2.45) is 11.7 Å². The molecular weight excluding hydrogens is 257 g/mol. The van der Waals surface area contributed by atoms with Crippen molar-refractivity contribution in [3.8, 4) is 0 Å². The zero-order valence-electron chi connectivity index (χ0n) is 11.6. The number of nitrogens with two attached hydrogens (primary N) is 1. The first kappa shape index (κ1) is 14.9. The molecular formula is C15H22FN3O. The van der Waals surface area contributed by atoms with Crippen LogP contribution in [0.15, 0.2) is 24.3 Å². The third-order valence-corrected chi connectivity index (χ3v) is 3.81. The van der Waals surface area contributed by atoms with E-state index in [0.29, 0.717) is 19.0 Å². The third-order valence-electron chi connectivity index (χ3n) is 3.81. The Balaban J connectivity index is 1.69. The quantitative estimate of drug-likeness (QED) is 0.849. The second kappa shape index (κ2) is 7.36. The number of likely N-dealkylation sites (tertiary alicyclic amines) is 1. The van der Waals surface area contributed by atoms with Crippen LogP contribution in [0.25, 0.3) is 0 Å². The molecule has 0 bridgehead atoms. The fraction of sp³-hybridized carbons (Fsp3) is 0.533. The fourth-order valence-electron chi connectivity index (χ4n) is 2.44. The minimum atomic E-state index is -0.261. The molecule has 2 rings (SSSR count). The average Bonchev–Trinajstić information content (AvgIpc) is 2.47. The van der Waals surface area contributed by atoms with E-state index in [-0.39, 0.29) is 11.7 Å². The molecule has 0 unspecified atom stereocenters. The lowest BCUT2D eigenvalue weighted by Gasteiger charge is -2.30. The molecule has 1 aliphatic rings. The van der Waals surface area contributed by atoms with Gasteiger partial charge in [-0.1, -0.05) is 12.1 Å². The van der Waals surface area contributed by atoms with Crippen LogP contribution in [0.5, 0.6) is 0 Å². The molecule has 1 aromatic carbocycles. The summed E-state index contributed by atoms with van der Waals surface area (Å²) in [5.41, 5.74) is 6.55. The highest BCUT2D eigenvalue weighted by atomic mass is 19.1. The van der Waals surface area contributed by atoms with E-state index in [2.05, 4.69) is 10.2 Å². The van der Waals surface area contributed by atoms with E-state index in [4.69, 9.17) is 5.73 Å². The van der Waals surface area contributed by atoms with Crippen LogP contribution in [-0.4, -0.2) is 37.0 Å². The lowest BCUT2D eigenvalue weighted by molar-refractivity contribution is -0.122. The van der Waals surface area contributed by atoms with E-state index in [1.54, 1.807) is 12.1 Å². The van der Waals surface area contributed by atoms with Crippen molar-refractivity contribution in [1.82, 2.24) is 10.2 Å². The van der Waals surface area contributed by atoms with E-state index in [9.17, 15) is 9.18 Å². The molecule has 3 N–H and O–H groups in total. The lowest BCUT2D eigenvalue weighted by Crippen LogP contribution is -2.42. The normalized spacial score (nSPS) is 17.1. The van der Waals surface area contributed by atoms with Crippen LogP contribution in [0, 0.1) is 11.7 Å². The number of rotatable bonds is 5. The van der Waals surface area contributed by atoms with Crippen LogP contribution in [-0.2, 0) is 11.3 Å². The molecule has 1 fully saturated rings. The van der Waals surface area contributed by atoms with Crippen LogP contribution in [0.4, 0.5) is 4.39 Å². The first-order valence-corrected chi connectivity index (χ1v) is 7.11.